The summed E-state index contributed by atoms with van der Waals surface area (Å²) in [6.45, 7) is 2.77. The van der Waals surface area contributed by atoms with Gasteiger partial charge in [-0.2, -0.15) is 0 Å². The van der Waals surface area contributed by atoms with Gasteiger partial charge >= 0.3 is 0 Å². The summed E-state index contributed by atoms with van der Waals surface area (Å²) in [6, 6.07) is 13.9. The molecule has 0 spiro atoms. The molecule has 0 unspecified atom stereocenters. The number of nitrogens with one attached hydrogen (secondary N) is 1. The second-order valence-corrected chi connectivity index (χ2v) is 6.46. The molecule has 1 amide bonds. The Morgan fingerprint density at radius 3 is 2.96 bits per heavy atom. The molecule has 0 fully saturated rings. The SMILES string of the molecule is Cc1[nH]c2ccc(Cl)cc2c1CC(=O)N1CCc2ccccc21. The molecule has 0 saturated heterocycles. The first-order valence-corrected chi connectivity index (χ1v) is 8.16. The molecule has 0 saturated carbocycles. The summed E-state index contributed by atoms with van der Waals surface area (Å²) in [7, 11) is 0. The molecule has 2 aromatic carbocycles. The number of rotatable bonds is 2. The van der Waals surface area contributed by atoms with Gasteiger partial charge in [0, 0.05) is 33.9 Å². The van der Waals surface area contributed by atoms with Crippen LogP contribution in [-0.4, -0.2) is 17.4 Å². The van der Waals surface area contributed by atoms with Crippen LogP contribution in [0.2, 0.25) is 5.02 Å². The number of H-pyrrole nitrogens is 1. The van der Waals surface area contributed by atoms with Gasteiger partial charge in [-0.1, -0.05) is 29.8 Å². The van der Waals surface area contributed by atoms with Crippen LogP contribution in [0.4, 0.5) is 5.69 Å². The van der Waals surface area contributed by atoms with Crippen molar-refractivity contribution in [2.24, 2.45) is 0 Å². The number of hydrogen-bond acceptors (Lipinski definition) is 1. The van der Waals surface area contributed by atoms with Gasteiger partial charge in [-0.3, -0.25) is 4.79 Å². The number of nitrogens with zero attached hydrogens (tertiary/aromatic N) is 1. The lowest BCUT2D eigenvalue weighted by Crippen LogP contribution is -2.30. The molecule has 1 aliphatic heterocycles. The van der Waals surface area contributed by atoms with Crippen LogP contribution >= 0.6 is 11.6 Å². The molecule has 0 radical (unpaired) electrons. The standard InChI is InChI=1S/C19H17ClN2O/c1-12-15(16-10-14(20)6-7-17(16)21-12)11-19(23)22-9-8-13-4-2-3-5-18(13)22/h2-7,10,21H,8-9,11H2,1H3. The predicted molar refractivity (Wildman–Crippen MR) is 94.2 cm³/mol. The highest BCUT2D eigenvalue weighted by atomic mass is 35.5. The largest absolute Gasteiger partial charge is 0.358 e. The average molecular weight is 325 g/mol. The lowest BCUT2D eigenvalue weighted by Gasteiger charge is -2.17. The average Bonchev–Trinajstić information content (AvgIpc) is 3.10. The van der Waals surface area contributed by atoms with Gasteiger partial charge in [0.25, 0.3) is 0 Å². The number of halogens is 1. The summed E-state index contributed by atoms with van der Waals surface area (Å²) in [5.41, 5.74) is 5.39. The zero-order valence-corrected chi connectivity index (χ0v) is 13.7. The first-order valence-electron chi connectivity index (χ1n) is 7.78. The van der Waals surface area contributed by atoms with E-state index in [2.05, 4.69) is 11.1 Å². The molecule has 0 bridgehead atoms. The second-order valence-electron chi connectivity index (χ2n) is 6.02. The number of carbonyl (C=O) groups is 1. The lowest BCUT2D eigenvalue weighted by atomic mass is 10.1. The minimum Gasteiger partial charge on any atom is -0.358 e. The summed E-state index contributed by atoms with van der Waals surface area (Å²) in [4.78, 5) is 18.1. The molecule has 0 atom stereocenters. The summed E-state index contributed by atoms with van der Waals surface area (Å²) in [6.07, 6.45) is 1.32. The van der Waals surface area contributed by atoms with Gasteiger partial charge in [-0.15, -0.1) is 0 Å². The molecule has 1 N–H and O–H groups in total. The molecule has 4 rings (SSSR count). The number of para-hydroxylation sites is 1. The van der Waals surface area contributed by atoms with Crippen LogP contribution in [0.3, 0.4) is 0 Å². The van der Waals surface area contributed by atoms with Crippen LogP contribution in [0, 0.1) is 6.92 Å². The van der Waals surface area contributed by atoms with Crippen molar-refractivity contribution < 1.29 is 4.79 Å². The molecule has 116 valence electrons. The topological polar surface area (TPSA) is 36.1 Å². The van der Waals surface area contributed by atoms with Gasteiger partial charge in [-0.05, 0) is 48.7 Å². The van der Waals surface area contributed by atoms with E-state index in [-0.39, 0.29) is 5.91 Å². The van der Waals surface area contributed by atoms with Crippen molar-refractivity contribution in [3.05, 3.63) is 64.3 Å². The molecule has 1 aromatic heterocycles. The number of aryl methyl sites for hydroxylation is 1. The number of hydrogen-bond donors (Lipinski definition) is 1. The Bertz CT molecular complexity index is 913. The van der Waals surface area contributed by atoms with Crippen molar-refractivity contribution >= 4 is 34.1 Å². The van der Waals surface area contributed by atoms with Crippen molar-refractivity contribution in [3.8, 4) is 0 Å². The van der Waals surface area contributed by atoms with E-state index in [4.69, 9.17) is 11.6 Å². The summed E-state index contributed by atoms with van der Waals surface area (Å²) in [5.74, 6) is 0.138. The third-order valence-corrected chi connectivity index (χ3v) is 4.83. The molecule has 4 heteroatoms. The predicted octanol–water partition coefficient (Wildman–Crippen LogP) is 4.26. The maximum Gasteiger partial charge on any atom is 0.231 e. The number of benzene rings is 2. The van der Waals surface area contributed by atoms with E-state index in [1.807, 2.05) is 48.2 Å². The van der Waals surface area contributed by atoms with Crippen LogP contribution in [-0.2, 0) is 17.6 Å². The van der Waals surface area contributed by atoms with Gasteiger partial charge < -0.3 is 9.88 Å². The van der Waals surface area contributed by atoms with E-state index in [9.17, 15) is 4.79 Å². The van der Waals surface area contributed by atoms with Gasteiger partial charge in [0.05, 0.1) is 6.42 Å². The first-order chi connectivity index (χ1) is 11.1. The van der Waals surface area contributed by atoms with Crippen LogP contribution in [0.15, 0.2) is 42.5 Å². The van der Waals surface area contributed by atoms with Crippen LogP contribution < -0.4 is 4.90 Å². The number of fused-ring (bicyclic) bond motifs is 2. The zero-order chi connectivity index (χ0) is 16.0. The second kappa shape index (κ2) is 5.43. The molecular weight excluding hydrogens is 308 g/mol. The van der Waals surface area contributed by atoms with E-state index < -0.39 is 0 Å². The Morgan fingerprint density at radius 1 is 1.26 bits per heavy atom. The number of carbonyl (C=O) groups excluding carboxylic acids is 1. The van der Waals surface area contributed by atoms with E-state index in [0.717, 1.165) is 40.8 Å². The Labute approximate surface area is 139 Å². The molecule has 1 aliphatic rings. The highest BCUT2D eigenvalue weighted by molar-refractivity contribution is 6.31. The van der Waals surface area contributed by atoms with Crippen molar-refractivity contribution in [2.45, 2.75) is 19.8 Å². The van der Waals surface area contributed by atoms with Crippen molar-refractivity contribution in [2.75, 3.05) is 11.4 Å². The van der Waals surface area contributed by atoms with E-state index in [1.54, 1.807) is 0 Å². The van der Waals surface area contributed by atoms with Gasteiger partial charge in [0.2, 0.25) is 5.91 Å². The Hall–Kier alpha value is -2.26. The molecule has 2 heterocycles. The minimum atomic E-state index is 0.138. The fourth-order valence-corrected chi connectivity index (χ4v) is 3.60. The van der Waals surface area contributed by atoms with Crippen molar-refractivity contribution in [3.63, 3.8) is 0 Å². The van der Waals surface area contributed by atoms with Gasteiger partial charge in [0.1, 0.15) is 0 Å². The van der Waals surface area contributed by atoms with Crippen molar-refractivity contribution in [1.29, 1.82) is 0 Å². The first kappa shape index (κ1) is 14.3. The molecular formula is C19H17ClN2O. The fourth-order valence-electron chi connectivity index (χ4n) is 3.43. The highest BCUT2D eigenvalue weighted by Gasteiger charge is 2.25. The van der Waals surface area contributed by atoms with E-state index in [0.29, 0.717) is 11.4 Å². The normalized spacial score (nSPS) is 13.6. The smallest absolute Gasteiger partial charge is 0.231 e. The molecule has 23 heavy (non-hydrogen) atoms. The van der Waals surface area contributed by atoms with Crippen molar-refractivity contribution in [1.82, 2.24) is 4.98 Å². The summed E-state index contributed by atoms with van der Waals surface area (Å²) >= 11 is 6.12. The Kier molecular flexibility index (Phi) is 3.38. The number of anilines is 1. The maximum atomic E-state index is 12.8. The van der Waals surface area contributed by atoms with E-state index in [1.165, 1.54) is 5.56 Å². The monoisotopic (exact) mass is 324 g/mol. The van der Waals surface area contributed by atoms with Gasteiger partial charge in [0.15, 0.2) is 0 Å². The maximum absolute atomic E-state index is 12.8. The summed E-state index contributed by atoms with van der Waals surface area (Å²) < 4.78 is 0. The minimum absolute atomic E-state index is 0.138. The third-order valence-electron chi connectivity index (χ3n) is 4.60. The number of aromatic amines is 1. The lowest BCUT2D eigenvalue weighted by molar-refractivity contribution is -0.117. The zero-order valence-electron chi connectivity index (χ0n) is 12.9. The Morgan fingerprint density at radius 2 is 2.09 bits per heavy atom. The number of aromatic nitrogens is 1. The molecule has 0 aliphatic carbocycles. The van der Waals surface area contributed by atoms with E-state index >= 15 is 0 Å². The van der Waals surface area contributed by atoms with Crippen LogP contribution in [0.25, 0.3) is 10.9 Å². The fraction of sp³-hybridized carbons (Fsp3) is 0.211. The molecule has 3 nitrogen and oxygen atoms in total. The quantitative estimate of drug-likeness (QED) is 0.751. The van der Waals surface area contributed by atoms with Crippen LogP contribution in [0.1, 0.15) is 16.8 Å². The van der Waals surface area contributed by atoms with Crippen LogP contribution in [0.5, 0.6) is 0 Å². The summed E-state index contributed by atoms with van der Waals surface area (Å²) in [5, 5.41) is 1.73. The number of amides is 1. The van der Waals surface area contributed by atoms with Gasteiger partial charge in [-0.25, -0.2) is 0 Å². The highest BCUT2D eigenvalue weighted by Crippen LogP contribution is 2.30. The third kappa shape index (κ3) is 2.41. The molecule has 3 aromatic rings. The Balaban J connectivity index is 1.68.